The van der Waals surface area contributed by atoms with Gasteiger partial charge in [0.1, 0.15) is 5.56 Å². The summed E-state index contributed by atoms with van der Waals surface area (Å²) in [6, 6.07) is 7.83. The van der Waals surface area contributed by atoms with Crippen molar-refractivity contribution in [3.8, 4) is 5.88 Å². The van der Waals surface area contributed by atoms with Crippen LogP contribution in [0.15, 0.2) is 29.1 Å². The van der Waals surface area contributed by atoms with Gasteiger partial charge in [0.25, 0.3) is 5.56 Å². The molecule has 0 unspecified atom stereocenters. The van der Waals surface area contributed by atoms with Crippen LogP contribution >= 0.6 is 12.2 Å². The number of hydrogen-bond acceptors (Lipinski definition) is 5. The zero-order valence-corrected chi connectivity index (χ0v) is 15.8. The highest BCUT2D eigenvalue weighted by Crippen LogP contribution is 2.27. The van der Waals surface area contributed by atoms with E-state index < -0.39 is 5.56 Å². The van der Waals surface area contributed by atoms with Gasteiger partial charge in [-0.3, -0.25) is 18.7 Å². The first kappa shape index (κ1) is 18.5. The second kappa shape index (κ2) is 7.55. The quantitative estimate of drug-likeness (QED) is 0.622. The van der Waals surface area contributed by atoms with E-state index in [1.807, 2.05) is 25.1 Å². The molecule has 1 atom stereocenters. The van der Waals surface area contributed by atoms with Crippen LogP contribution in [-0.2, 0) is 19.5 Å². The van der Waals surface area contributed by atoms with Crippen molar-refractivity contribution < 1.29 is 9.90 Å². The third kappa shape index (κ3) is 3.12. The minimum Gasteiger partial charge on any atom is -0.494 e. The molecule has 138 valence electrons. The molecule has 0 fully saturated rings. The van der Waals surface area contributed by atoms with Crippen LogP contribution in [0.3, 0.4) is 0 Å². The monoisotopic (exact) mass is 373 g/mol. The Bertz CT molecular complexity index is 961. The van der Waals surface area contributed by atoms with Gasteiger partial charge in [0.2, 0.25) is 5.88 Å². The molecule has 1 aliphatic heterocycles. The SMILES string of the molecule is CCn1c(O)c(C(=O)C[C@@H]2NCCc3ccccc32)c(=O)n(CC)c1=S. The molecular formula is C19H23N3O3S. The smallest absolute Gasteiger partial charge is 0.269 e. The average Bonchev–Trinajstić information content (AvgIpc) is 2.63. The van der Waals surface area contributed by atoms with Crippen molar-refractivity contribution in [1.29, 1.82) is 0 Å². The van der Waals surface area contributed by atoms with E-state index in [1.54, 1.807) is 6.92 Å². The van der Waals surface area contributed by atoms with Crippen molar-refractivity contribution in [2.24, 2.45) is 0 Å². The Morgan fingerprint density at radius 3 is 2.65 bits per heavy atom. The number of nitrogens with zero attached hydrogens (tertiary/aromatic N) is 2. The summed E-state index contributed by atoms with van der Waals surface area (Å²) in [7, 11) is 0. The Balaban J connectivity index is 2.02. The maximum absolute atomic E-state index is 13.0. The molecule has 0 amide bonds. The molecular weight excluding hydrogens is 350 g/mol. The largest absolute Gasteiger partial charge is 0.494 e. The summed E-state index contributed by atoms with van der Waals surface area (Å²) >= 11 is 5.27. The number of rotatable bonds is 5. The molecule has 3 rings (SSSR count). The van der Waals surface area contributed by atoms with Crippen molar-refractivity contribution in [3.63, 3.8) is 0 Å². The van der Waals surface area contributed by atoms with Crippen molar-refractivity contribution >= 4 is 18.0 Å². The van der Waals surface area contributed by atoms with E-state index in [4.69, 9.17) is 12.2 Å². The van der Waals surface area contributed by atoms with Gasteiger partial charge in [-0.25, -0.2) is 0 Å². The summed E-state index contributed by atoms with van der Waals surface area (Å²) in [4.78, 5) is 25.7. The van der Waals surface area contributed by atoms with E-state index in [-0.39, 0.29) is 34.5 Å². The van der Waals surface area contributed by atoms with Gasteiger partial charge in [-0.2, -0.15) is 0 Å². The fourth-order valence-electron chi connectivity index (χ4n) is 3.56. The van der Waals surface area contributed by atoms with E-state index in [0.717, 1.165) is 18.5 Å². The van der Waals surface area contributed by atoms with Crippen molar-refractivity contribution in [3.05, 3.63) is 56.1 Å². The lowest BCUT2D eigenvalue weighted by molar-refractivity contribution is 0.0960. The van der Waals surface area contributed by atoms with Gasteiger partial charge in [-0.15, -0.1) is 0 Å². The Morgan fingerprint density at radius 2 is 1.96 bits per heavy atom. The second-order valence-electron chi connectivity index (χ2n) is 6.36. The minimum absolute atomic E-state index is 0.115. The number of carbonyl (C=O) groups is 1. The van der Waals surface area contributed by atoms with Crippen LogP contribution in [0.2, 0.25) is 0 Å². The predicted octanol–water partition coefficient (Wildman–Crippen LogP) is 2.58. The summed E-state index contributed by atoms with van der Waals surface area (Å²) in [5, 5.41) is 13.9. The number of fused-ring (bicyclic) bond motifs is 1. The number of hydrogen-bond donors (Lipinski definition) is 2. The van der Waals surface area contributed by atoms with E-state index >= 15 is 0 Å². The van der Waals surface area contributed by atoms with Crippen molar-refractivity contribution in [2.45, 2.75) is 45.8 Å². The summed E-state index contributed by atoms with van der Waals surface area (Å²) in [6.45, 7) is 5.12. The molecule has 0 saturated heterocycles. The number of aromatic hydroxyl groups is 1. The lowest BCUT2D eigenvalue weighted by Crippen LogP contribution is -2.34. The average molecular weight is 373 g/mol. The standard InChI is InChI=1S/C19H23N3O3S/c1-3-21-17(24)16(18(25)22(4-2)19(21)26)15(23)11-14-13-8-6-5-7-12(13)9-10-20-14/h5-8,14,20,24H,3-4,9-11H2,1-2H3/t14-/m0/s1. The third-order valence-electron chi connectivity index (χ3n) is 4.92. The Kier molecular flexibility index (Phi) is 5.38. The van der Waals surface area contributed by atoms with Crippen LogP contribution in [0, 0.1) is 4.77 Å². The van der Waals surface area contributed by atoms with E-state index in [2.05, 4.69) is 11.4 Å². The lowest BCUT2D eigenvalue weighted by atomic mass is 9.90. The van der Waals surface area contributed by atoms with E-state index in [0.29, 0.717) is 13.1 Å². The molecule has 26 heavy (non-hydrogen) atoms. The summed E-state index contributed by atoms with van der Waals surface area (Å²) < 4.78 is 3.01. The number of benzene rings is 1. The number of ketones is 1. The minimum atomic E-state index is -0.520. The highest BCUT2D eigenvalue weighted by Gasteiger charge is 2.27. The van der Waals surface area contributed by atoms with Gasteiger partial charge < -0.3 is 10.4 Å². The molecule has 7 heteroatoms. The highest BCUT2D eigenvalue weighted by atomic mass is 32.1. The van der Waals surface area contributed by atoms with E-state index in [9.17, 15) is 14.7 Å². The van der Waals surface area contributed by atoms with Gasteiger partial charge in [0, 0.05) is 25.6 Å². The molecule has 2 aromatic rings. The lowest BCUT2D eigenvalue weighted by Gasteiger charge is -2.26. The van der Waals surface area contributed by atoms with Gasteiger partial charge in [-0.05, 0) is 50.2 Å². The predicted molar refractivity (Wildman–Crippen MR) is 102 cm³/mol. The molecule has 6 nitrogen and oxygen atoms in total. The fraction of sp³-hybridized carbons (Fsp3) is 0.421. The zero-order valence-electron chi connectivity index (χ0n) is 15.0. The topological polar surface area (TPSA) is 76.3 Å². The second-order valence-corrected chi connectivity index (χ2v) is 6.72. The van der Waals surface area contributed by atoms with Crippen molar-refractivity contribution in [2.75, 3.05) is 6.54 Å². The molecule has 1 aromatic heterocycles. The maximum atomic E-state index is 13.0. The van der Waals surface area contributed by atoms with E-state index in [1.165, 1.54) is 14.7 Å². The zero-order chi connectivity index (χ0) is 18.8. The first-order chi connectivity index (χ1) is 12.5. The van der Waals surface area contributed by atoms with Crippen LogP contribution in [0.4, 0.5) is 0 Å². The van der Waals surface area contributed by atoms with Crippen LogP contribution < -0.4 is 10.9 Å². The molecule has 2 heterocycles. The summed E-state index contributed by atoms with van der Waals surface area (Å²) in [6.07, 6.45) is 1.03. The van der Waals surface area contributed by atoms with Crippen molar-refractivity contribution in [1.82, 2.24) is 14.5 Å². The number of Topliss-reactive ketones (excluding diaryl/α,β-unsaturated/α-hetero) is 1. The first-order valence-electron chi connectivity index (χ1n) is 8.90. The van der Waals surface area contributed by atoms with Crippen LogP contribution in [0.1, 0.15) is 47.8 Å². The number of nitrogens with one attached hydrogen (secondary N) is 1. The number of aromatic nitrogens is 2. The van der Waals surface area contributed by atoms with Crippen LogP contribution in [0.5, 0.6) is 5.88 Å². The Hall–Kier alpha value is -2.25. The number of carbonyl (C=O) groups excluding carboxylic acids is 1. The molecule has 0 aliphatic carbocycles. The molecule has 2 N–H and O–H groups in total. The summed E-state index contributed by atoms with van der Waals surface area (Å²) in [5.41, 5.74) is 1.59. The van der Waals surface area contributed by atoms with Crippen LogP contribution in [0.25, 0.3) is 0 Å². The first-order valence-corrected chi connectivity index (χ1v) is 9.31. The molecule has 0 saturated carbocycles. The molecule has 0 spiro atoms. The maximum Gasteiger partial charge on any atom is 0.269 e. The van der Waals surface area contributed by atoms with Gasteiger partial charge in [-0.1, -0.05) is 24.3 Å². The third-order valence-corrected chi connectivity index (χ3v) is 5.36. The van der Waals surface area contributed by atoms with Gasteiger partial charge in [0.05, 0.1) is 0 Å². The normalized spacial score (nSPS) is 16.3. The molecule has 1 aliphatic rings. The van der Waals surface area contributed by atoms with Gasteiger partial charge >= 0.3 is 0 Å². The van der Waals surface area contributed by atoms with Crippen LogP contribution in [-0.4, -0.2) is 26.6 Å². The fourth-order valence-corrected chi connectivity index (χ4v) is 3.99. The molecule has 1 aromatic carbocycles. The summed E-state index contributed by atoms with van der Waals surface area (Å²) in [5.74, 6) is -0.706. The highest BCUT2D eigenvalue weighted by molar-refractivity contribution is 7.71. The molecule has 0 bridgehead atoms. The Morgan fingerprint density at radius 1 is 1.27 bits per heavy atom. The van der Waals surface area contributed by atoms with Gasteiger partial charge in [0.15, 0.2) is 10.6 Å². The Labute approximate surface area is 157 Å². The molecule has 0 radical (unpaired) electrons.